The highest BCUT2D eigenvalue weighted by Crippen LogP contribution is 2.36. The van der Waals surface area contributed by atoms with Crippen molar-refractivity contribution < 1.29 is 19.0 Å². The molecule has 1 aliphatic heterocycles. The van der Waals surface area contributed by atoms with E-state index in [0.29, 0.717) is 53.9 Å². The summed E-state index contributed by atoms with van der Waals surface area (Å²) in [4.78, 5) is 28.7. The molecular weight excluding hydrogens is 544 g/mol. The van der Waals surface area contributed by atoms with Crippen molar-refractivity contribution in [2.45, 2.75) is 13.5 Å². The first kappa shape index (κ1) is 27.9. The van der Waals surface area contributed by atoms with Gasteiger partial charge in [0.2, 0.25) is 0 Å². The number of morpholine rings is 1. The summed E-state index contributed by atoms with van der Waals surface area (Å²) in [5, 5.41) is 7.21. The molecule has 0 saturated carbocycles. The zero-order chi connectivity index (χ0) is 29.6. The molecule has 0 spiro atoms. The van der Waals surface area contributed by atoms with Crippen molar-refractivity contribution in [1.82, 2.24) is 15.0 Å². The molecular formula is C33H32N6O4. The van der Waals surface area contributed by atoms with E-state index in [1.165, 1.54) is 6.33 Å². The van der Waals surface area contributed by atoms with Gasteiger partial charge in [-0.15, -0.1) is 0 Å². The lowest BCUT2D eigenvalue weighted by Crippen LogP contribution is -2.36. The van der Waals surface area contributed by atoms with Crippen LogP contribution in [0, 0.1) is 6.92 Å². The van der Waals surface area contributed by atoms with E-state index in [-0.39, 0.29) is 5.91 Å². The number of nitrogens with zero attached hydrogens (tertiary/aromatic N) is 4. The number of methoxy groups -OCH3 is 1. The molecule has 3 aromatic carbocycles. The quantitative estimate of drug-likeness (QED) is 0.226. The molecule has 0 unspecified atom stereocenters. The number of hydrogen-bond donors (Lipinski definition) is 2. The first-order valence-electron chi connectivity index (χ1n) is 14.0. The molecule has 3 heterocycles. The summed E-state index contributed by atoms with van der Waals surface area (Å²) in [5.74, 6) is 2.33. The minimum Gasteiger partial charge on any atom is -0.493 e. The highest BCUT2D eigenvalue weighted by molar-refractivity contribution is 6.05. The Morgan fingerprint density at radius 1 is 0.953 bits per heavy atom. The summed E-state index contributed by atoms with van der Waals surface area (Å²) in [6.07, 6.45) is 3.17. The number of anilines is 4. The fourth-order valence-electron chi connectivity index (χ4n) is 4.86. The second kappa shape index (κ2) is 12.7. The van der Waals surface area contributed by atoms with E-state index in [1.54, 1.807) is 19.4 Å². The van der Waals surface area contributed by atoms with Crippen LogP contribution in [-0.4, -0.2) is 54.3 Å². The number of nitrogens with one attached hydrogen (secondary N) is 2. The Hall–Kier alpha value is -5.22. The van der Waals surface area contributed by atoms with Crippen molar-refractivity contribution in [3.8, 4) is 11.5 Å². The van der Waals surface area contributed by atoms with Crippen LogP contribution >= 0.6 is 0 Å². The number of carbonyl (C=O) groups is 1. The van der Waals surface area contributed by atoms with Crippen LogP contribution in [0.1, 0.15) is 21.5 Å². The highest BCUT2D eigenvalue weighted by Gasteiger charge is 2.16. The summed E-state index contributed by atoms with van der Waals surface area (Å²) in [6.45, 7) is 5.19. The molecule has 2 N–H and O–H groups in total. The van der Waals surface area contributed by atoms with E-state index >= 15 is 0 Å². The number of fused-ring (bicyclic) bond motifs is 1. The maximum absolute atomic E-state index is 13.2. The predicted molar refractivity (Wildman–Crippen MR) is 167 cm³/mol. The third-order valence-corrected chi connectivity index (χ3v) is 7.25. The van der Waals surface area contributed by atoms with Crippen LogP contribution in [-0.2, 0) is 11.3 Å². The van der Waals surface area contributed by atoms with Crippen molar-refractivity contribution in [1.29, 1.82) is 0 Å². The molecule has 0 atom stereocenters. The van der Waals surface area contributed by atoms with Gasteiger partial charge in [-0.05, 0) is 48.4 Å². The Morgan fingerprint density at radius 2 is 1.79 bits per heavy atom. The van der Waals surface area contributed by atoms with Crippen LogP contribution in [0.15, 0.2) is 85.3 Å². The maximum atomic E-state index is 13.2. The molecule has 0 aliphatic carbocycles. The Balaban J connectivity index is 1.21. The van der Waals surface area contributed by atoms with Gasteiger partial charge >= 0.3 is 0 Å². The number of carbonyl (C=O) groups excluding carboxylic acids is 1. The zero-order valence-electron chi connectivity index (χ0n) is 24.0. The van der Waals surface area contributed by atoms with Gasteiger partial charge < -0.3 is 29.7 Å². The van der Waals surface area contributed by atoms with Gasteiger partial charge in [0.05, 0.1) is 25.8 Å². The van der Waals surface area contributed by atoms with Crippen LogP contribution in [0.2, 0.25) is 0 Å². The number of hydrogen-bond acceptors (Lipinski definition) is 9. The molecule has 2 aromatic heterocycles. The largest absolute Gasteiger partial charge is 0.493 e. The minimum absolute atomic E-state index is 0.216. The van der Waals surface area contributed by atoms with Crippen LogP contribution in [0.4, 0.5) is 23.0 Å². The van der Waals surface area contributed by atoms with Crippen LogP contribution in [0.5, 0.6) is 11.5 Å². The fraction of sp³-hybridized carbons (Fsp3) is 0.212. The predicted octanol–water partition coefficient (Wildman–Crippen LogP) is 5.75. The molecule has 43 heavy (non-hydrogen) atoms. The summed E-state index contributed by atoms with van der Waals surface area (Å²) >= 11 is 0. The molecule has 10 nitrogen and oxygen atoms in total. The summed E-state index contributed by atoms with van der Waals surface area (Å²) in [5.41, 5.74) is 4.72. The summed E-state index contributed by atoms with van der Waals surface area (Å²) < 4.78 is 17.2. The number of amides is 1. The Kier molecular flexibility index (Phi) is 8.28. The molecule has 1 amide bonds. The van der Waals surface area contributed by atoms with E-state index in [4.69, 9.17) is 14.2 Å². The van der Waals surface area contributed by atoms with E-state index in [1.807, 2.05) is 73.7 Å². The van der Waals surface area contributed by atoms with Crippen molar-refractivity contribution >= 4 is 39.8 Å². The Morgan fingerprint density at radius 3 is 2.60 bits per heavy atom. The second-order valence-corrected chi connectivity index (χ2v) is 10.1. The summed E-state index contributed by atoms with van der Waals surface area (Å²) in [7, 11) is 1.61. The maximum Gasteiger partial charge on any atom is 0.255 e. The summed E-state index contributed by atoms with van der Waals surface area (Å²) in [6, 6.07) is 22.9. The average molecular weight is 577 g/mol. The van der Waals surface area contributed by atoms with E-state index in [0.717, 1.165) is 41.1 Å². The van der Waals surface area contributed by atoms with Gasteiger partial charge in [-0.1, -0.05) is 36.4 Å². The lowest BCUT2D eigenvalue weighted by Gasteiger charge is -2.27. The van der Waals surface area contributed by atoms with Gasteiger partial charge in [0.25, 0.3) is 5.91 Å². The smallest absolute Gasteiger partial charge is 0.255 e. The monoisotopic (exact) mass is 576 g/mol. The third-order valence-electron chi connectivity index (χ3n) is 7.25. The first-order valence-corrected chi connectivity index (χ1v) is 14.0. The standard InChI is InChI=1S/C33H32N6O4/c1-22-8-9-25(37-33(40)24-10-11-34-31(16-24)39-12-14-42-15-13-39)17-27(22)38-32-26-18-29(41-2)30(19-28(26)35-21-36-32)43-20-23-6-4-3-5-7-23/h3-11,16-19,21H,12-15,20H2,1-2H3,(H,37,40)(H,35,36,38). The van der Waals surface area contributed by atoms with E-state index in [9.17, 15) is 4.79 Å². The van der Waals surface area contributed by atoms with Gasteiger partial charge in [-0.3, -0.25) is 4.79 Å². The zero-order valence-corrected chi connectivity index (χ0v) is 24.0. The second-order valence-electron chi connectivity index (χ2n) is 10.1. The molecule has 6 rings (SSSR count). The van der Waals surface area contributed by atoms with Crippen LogP contribution in [0.3, 0.4) is 0 Å². The number of pyridine rings is 1. The highest BCUT2D eigenvalue weighted by atomic mass is 16.5. The van der Waals surface area contributed by atoms with Gasteiger partial charge in [-0.25, -0.2) is 15.0 Å². The molecule has 10 heteroatoms. The number of aromatic nitrogens is 3. The number of benzene rings is 3. The molecule has 0 radical (unpaired) electrons. The van der Waals surface area contributed by atoms with Crippen molar-refractivity contribution in [2.24, 2.45) is 0 Å². The topological polar surface area (TPSA) is 111 Å². The van der Waals surface area contributed by atoms with Crippen molar-refractivity contribution in [2.75, 3.05) is 48.9 Å². The van der Waals surface area contributed by atoms with Crippen molar-refractivity contribution in [3.63, 3.8) is 0 Å². The molecule has 218 valence electrons. The number of rotatable bonds is 9. The van der Waals surface area contributed by atoms with E-state index < -0.39 is 0 Å². The lowest BCUT2D eigenvalue weighted by atomic mass is 10.1. The van der Waals surface area contributed by atoms with Gasteiger partial charge in [-0.2, -0.15) is 0 Å². The SMILES string of the molecule is COc1cc2c(Nc3cc(NC(=O)c4ccnc(N5CCOCC5)c4)ccc3C)ncnc2cc1OCc1ccccc1. The molecule has 1 fully saturated rings. The van der Waals surface area contributed by atoms with Gasteiger partial charge in [0.1, 0.15) is 24.6 Å². The minimum atomic E-state index is -0.216. The Bertz CT molecular complexity index is 1740. The third kappa shape index (κ3) is 6.49. The molecule has 1 saturated heterocycles. The average Bonchev–Trinajstić information content (AvgIpc) is 3.06. The van der Waals surface area contributed by atoms with Crippen LogP contribution < -0.4 is 25.0 Å². The van der Waals surface area contributed by atoms with Gasteiger partial charge in [0, 0.05) is 47.7 Å². The fourth-order valence-corrected chi connectivity index (χ4v) is 4.86. The van der Waals surface area contributed by atoms with Crippen LogP contribution in [0.25, 0.3) is 10.9 Å². The Labute approximate surface area is 249 Å². The first-order chi connectivity index (χ1) is 21.1. The molecule has 5 aromatic rings. The normalized spacial score (nSPS) is 13.0. The van der Waals surface area contributed by atoms with Gasteiger partial charge in [0.15, 0.2) is 11.5 Å². The van der Waals surface area contributed by atoms with E-state index in [2.05, 4.69) is 30.5 Å². The van der Waals surface area contributed by atoms with Crippen molar-refractivity contribution in [3.05, 3.63) is 102 Å². The number of ether oxygens (including phenoxy) is 3. The molecule has 0 bridgehead atoms. The number of aryl methyl sites for hydroxylation is 1. The lowest BCUT2D eigenvalue weighted by molar-refractivity contribution is 0.102. The molecule has 1 aliphatic rings.